The van der Waals surface area contributed by atoms with E-state index in [-0.39, 0.29) is 0 Å². The molecule has 2 rings (SSSR count). The van der Waals surface area contributed by atoms with Gasteiger partial charge in [0.1, 0.15) is 5.75 Å². The fourth-order valence-corrected chi connectivity index (χ4v) is 1.57. The molecule has 0 saturated heterocycles. The third-order valence-electron chi connectivity index (χ3n) is 2.62. The van der Waals surface area contributed by atoms with Crippen molar-refractivity contribution >= 4 is 0 Å². The number of pyridine rings is 2. The second-order valence-electron chi connectivity index (χ2n) is 4.78. The largest absolute Gasteiger partial charge is 0.437 e. The molecular formula is C15H19N3O. The Morgan fingerprint density at radius 3 is 2.74 bits per heavy atom. The van der Waals surface area contributed by atoms with Gasteiger partial charge in [0.05, 0.1) is 6.20 Å². The Labute approximate surface area is 113 Å². The van der Waals surface area contributed by atoms with Gasteiger partial charge in [-0.1, -0.05) is 13.8 Å². The van der Waals surface area contributed by atoms with Crippen molar-refractivity contribution in [3.8, 4) is 11.6 Å². The first-order valence-electron chi connectivity index (χ1n) is 6.42. The topological polar surface area (TPSA) is 47.0 Å². The smallest absolute Gasteiger partial charge is 0.219 e. The number of aryl methyl sites for hydroxylation is 1. The monoisotopic (exact) mass is 257 g/mol. The zero-order valence-electron chi connectivity index (χ0n) is 11.6. The van der Waals surface area contributed by atoms with Crippen molar-refractivity contribution in [2.45, 2.75) is 33.4 Å². The molecule has 0 aliphatic rings. The fourth-order valence-electron chi connectivity index (χ4n) is 1.57. The van der Waals surface area contributed by atoms with Gasteiger partial charge in [-0.3, -0.25) is 4.98 Å². The molecule has 0 unspecified atom stereocenters. The number of rotatable bonds is 5. The van der Waals surface area contributed by atoms with Gasteiger partial charge in [0.25, 0.3) is 0 Å². The van der Waals surface area contributed by atoms with Crippen LogP contribution in [0, 0.1) is 6.92 Å². The zero-order valence-corrected chi connectivity index (χ0v) is 11.6. The summed E-state index contributed by atoms with van der Waals surface area (Å²) in [5, 5.41) is 3.36. The molecule has 4 heteroatoms. The summed E-state index contributed by atoms with van der Waals surface area (Å²) in [5.41, 5.74) is 2.12. The SMILES string of the molecule is Cc1ccc(Oc2cc(CNC(C)C)ccn2)cn1. The summed E-state index contributed by atoms with van der Waals surface area (Å²) in [6.07, 6.45) is 3.46. The van der Waals surface area contributed by atoms with Gasteiger partial charge in [0, 0.05) is 30.5 Å². The number of nitrogens with zero attached hydrogens (tertiary/aromatic N) is 2. The second-order valence-corrected chi connectivity index (χ2v) is 4.78. The maximum absolute atomic E-state index is 5.68. The first-order chi connectivity index (χ1) is 9.13. The first kappa shape index (κ1) is 13.5. The lowest BCUT2D eigenvalue weighted by atomic mass is 10.2. The van der Waals surface area contributed by atoms with Crippen LogP contribution in [0.15, 0.2) is 36.7 Å². The van der Waals surface area contributed by atoms with Crippen LogP contribution in [0.3, 0.4) is 0 Å². The average Bonchev–Trinajstić information content (AvgIpc) is 2.40. The van der Waals surface area contributed by atoms with E-state index in [1.54, 1.807) is 12.4 Å². The Kier molecular flexibility index (Phi) is 4.47. The molecule has 1 N–H and O–H groups in total. The summed E-state index contributed by atoms with van der Waals surface area (Å²) in [6, 6.07) is 8.19. The van der Waals surface area contributed by atoms with Crippen molar-refractivity contribution in [3.63, 3.8) is 0 Å². The molecule has 2 heterocycles. The second kappa shape index (κ2) is 6.29. The first-order valence-corrected chi connectivity index (χ1v) is 6.42. The maximum Gasteiger partial charge on any atom is 0.219 e. The average molecular weight is 257 g/mol. The van der Waals surface area contributed by atoms with Gasteiger partial charge in [-0.2, -0.15) is 0 Å². The number of ether oxygens (including phenoxy) is 1. The van der Waals surface area contributed by atoms with E-state index in [0.29, 0.717) is 17.7 Å². The van der Waals surface area contributed by atoms with Gasteiger partial charge in [0.15, 0.2) is 0 Å². The highest BCUT2D eigenvalue weighted by Gasteiger charge is 2.01. The minimum atomic E-state index is 0.457. The van der Waals surface area contributed by atoms with Crippen LogP contribution in [0.1, 0.15) is 25.1 Å². The normalized spacial score (nSPS) is 10.7. The van der Waals surface area contributed by atoms with E-state index in [9.17, 15) is 0 Å². The predicted octanol–water partition coefficient (Wildman–Crippen LogP) is 3.08. The summed E-state index contributed by atoms with van der Waals surface area (Å²) >= 11 is 0. The Morgan fingerprint density at radius 1 is 1.21 bits per heavy atom. The quantitative estimate of drug-likeness (QED) is 0.894. The summed E-state index contributed by atoms with van der Waals surface area (Å²) in [6.45, 7) is 7.00. The van der Waals surface area contributed by atoms with Gasteiger partial charge >= 0.3 is 0 Å². The minimum absolute atomic E-state index is 0.457. The van der Waals surface area contributed by atoms with Crippen LogP contribution in [0.4, 0.5) is 0 Å². The molecule has 19 heavy (non-hydrogen) atoms. The summed E-state index contributed by atoms with van der Waals surface area (Å²) in [7, 11) is 0. The highest BCUT2D eigenvalue weighted by Crippen LogP contribution is 2.19. The third-order valence-corrected chi connectivity index (χ3v) is 2.62. The molecule has 0 aliphatic carbocycles. The van der Waals surface area contributed by atoms with Gasteiger partial charge in [0.2, 0.25) is 5.88 Å². The molecule has 0 spiro atoms. The van der Waals surface area contributed by atoms with E-state index in [4.69, 9.17) is 4.74 Å². The lowest BCUT2D eigenvalue weighted by molar-refractivity contribution is 0.459. The van der Waals surface area contributed by atoms with Crippen LogP contribution < -0.4 is 10.1 Å². The Morgan fingerprint density at radius 2 is 2.05 bits per heavy atom. The number of hydrogen-bond acceptors (Lipinski definition) is 4. The number of aromatic nitrogens is 2. The van der Waals surface area contributed by atoms with E-state index in [1.807, 2.05) is 31.2 Å². The standard InChI is InChI=1S/C15H19N3O/c1-11(2)17-9-13-6-7-16-15(8-13)19-14-5-4-12(3)18-10-14/h4-8,10-11,17H,9H2,1-3H3. The summed E-state index contributed by atoms with van der Waals surface area (Å²) in [5.74, 6) is 1.29. The van der Waals surface area contributed by atoms with E-state index in [1.165, 1.54) is 0 Å². The molecular weight excluding hydrogens is 238 g/mol. The Balaban J connectivity index is 2.04. The van der Waals surface area contributed by atoms with Crippen molar-refractivity contribution < 1.29 is 4.74 Å². The van der Waals surface area contributed by atoms with Gasteiger partial charge in [-0.15, -0.1) is 0 Å². The molecule has 2 aromatic heterocycles. The van der Waals surface area contributed by atoms with Crippen LogP contribution in [0.2, 0.25) is 0 Å². The van der Waals surface area contributed by atoms with Crippen molar-refractivity contribution in [1.82, 2.24) is 15.3 Å². The van der Waals surface area contributed by atoms with Crippen LogP contribution in [0.25, 0.3) is 0 Å². The van der Waals surface area contributed by atoms with Crippen molar-refractivity contribution in [2.75, 3.05) is 0 Å². The highest BCUT2D eigenvalue weighted by atomic mass is 16.5. The number of nitrogens with one attached hydrogen (secondary N) is 1. The van der Waals surface area contributed by atoms with Gasteiger partial charge < -0.3 is 10.1 Å². The third kappa shape index (κ3) is 4.34. The van der Waals surface area contributed by atoms with Crippen molar-refractivity contribution in [3.05, 3.63) is 47.9 Å². The Bertz CT molecular complexity index is 523. The van der Waals surface area contributed by atoms with E-state index < -0.39 is 0 Å². The molecule has 100 valence electrons. The van der Waals surface area contributed by atoms with Gasteiger partial charge in [-0.25, -0.2) is 4.98 Å². The van der Waals surface area contributed by atoms with E-state index in [2.05, 4.69) is 29.1 Å². The summed E-state index contributed by atoms with van der Waals surface area (Å²) < 4.78 is 5.68. The fraction of sp³-hybridized carbons (Fsp3) is 0.333. The summed E-state index contributed by atoms with van der Waals surface area (Å²) in [4.78, 5) is 8.40. The van der Waals surface area contributed by atoms with Crippen LogP contribution in [0.5, 0.6) is 11.6 Å². The number of hydrogen-bond donors (Lipinski definition) is 1. The zero-order chi connectivity index (χ0) is 13.7. The van der Waals surface area contributed by atoms with Gasteiger partial charge in [-0.05, 0) is 30.7 Å². The van der Waals surface area contributed by atoms with E-state index >= 15 is 0 Å². The van der Waals surface area contributed by atoms with Crippen molar-refractivity contribution in [2.24, 2.45) is 0 Å². The molecule has 0 fully saturated rings. The molecule has 0 aromatic carbocycles. The molecule has 4 nitrogen and oxygen atoms in total. The van der Waals surface area contributed by atoms with Crippen LogP contribution in [-0.2, 0) is 6.54 Å². The lowest BCUT2D eigenvalue weighted by Crippen LogP contribution is -2.21. The minimum Gasteiger partial charge on any atom is -0.437 e. The molecule has 0 saturated carbocycles. The molecule has 0 aliphatic heterocycles. The molecule has 0 radical (unpaired) electrons. The van der Waals surface area contributed by atoms with Crippen LogP contribution in [-0.4, -0.2) is 16.0 Å². The predicted molar refractivity (Wildman–Crippen MR) is 75.3 cm³/mol. The van der Waals surface area contributed by atoms with Crippen molar-refractivity contribution in [1.29, 1.82) is 0 Å². The molecule has 2 aromatic rings. The lowest BCUT2D eigenvalue weighted by Gasteiger charge is -2.09. The molecule has 0 atom stereocenters. The Hall–Kier alpha value is -1.94. The highest BCUT2D eigenvalue weighted by molar-refractivity contribution is 5.27. The molecule has 0 bridgehead atoms. The maximum atomic E-state index is 5.68. The molecule has 0 amide bonds. The van der Waals surface area contributed by atoms with Crippen LogP contribution >= 0.6 is 0 Å². The van der Waals surface area contributed by atoms with E-state index in [0.717, 1.165) is 17.8 Å².